The molecule has 3 rings (SSSR count). The molecule has 0 unspecified atom stereocenters. The average Bonchev–Trinajstić information content (AvgIpc) is 3.03. The molecule has 2 aromatic carbocycles. The summed E-state index contributed by atoms with van der Waals surface area (Å²) in [4.78, 5) is 18.9. The number of urea groups is 1. The third kappa shape index (κ3) is 3.71. The predicted octanol–water partition coefficient (Wildman–Crippen LogP) is 4.88. The van der Waals surface area contributed by atoms with Crippen LogP contribution in [0.2, 0.25) is 5.02 Å². The van der Waals surface area contributed by atoms with Gasteiger partial charge in [0.05, 0.1) is 5.69 Å². The van der Waals surface area contributed by atoms with Gasteiger partial charge in [0.15, 0.2) is 0 Å². The van der Waals surface area contributed by atoms with Crippen LogP contribution in [0.5, 0.6) is 0 Å². The summed E-state index contributed by atoms with van der Waals surface area (Å²) >= 11 is 5.98. The summed E-state index contributed by atoms with van der Waals surface area (Å²) in [5.41, 5.74) is 2.63. The highest BCUT2D eigenvalue weighted by atomic mass is 35.5. The van der Waals surface area contributed by atoms with Crippen LogP contribution in [0.25, 0.3) is 0 Å². The van der Waals surface area contributed by atoms with Gasteiger partial charge < -0.3 is 5.32 Å². The molecule has 1 N–H and O–H groups in total. The third-order valence-electron chi connectivity index (χ3n) is 3.68. The summed E-state index contributed by atoms with van der Waals surface area (Å²) in [7, 11) is 0. The maximum Gasteiger partial charge on any atom is 0.331 e. The second-order valence-electron chi connectivity index (χ2n) is 5.51. The highest BCUT2D eigenvalue weighted by molar-refractivity contribution is 6.31. The van der Waals surface area contributed by atoms with Crippen molar-refractivity contribution in [1.82, 2.24) is 0 Å². The molecule has 1 heterocycles. The van der Waals surface area contributed by atoms with E-state index in [2.05, 4.69) is 10.3 Å². The van der Waals surface area contributed by atoms with Crippen LogP contribution in [0, 0.1) is 6.92 Å². The Labute approximate surface area is 140 Å². The number of halogens is 1. The molecule has 23 heavy (non-hydrogen) atoms. The van der Waals surface area contributed by atoms with Crippen molar-refractivity contribution in [1.29, 1.82) is 0 Å². The zero-order valence-corrected chi connectivity index (χ0v) is 13.7. The molecule has 0 spiro atoms. The second-order valence-corrected chi connectivity index (χ2v) is 5.95. The van der Waals surface area contributed by atoms with Crippen LogP contribution in [-0.4, -0.2) is 18.4 Å². The lowest BCUT2D eigenvalue weighted by Gasteiger charge is -2.23. The molecular formula is C18H18ClN3O. The summed E-state index contributed by atoms with van der Waals surface area (Å²) < 4.78 is 0. The molecule has 0 saturated heterocycles. The number of nitrogens with one attached hydrogen (secondary N) is 1. The van der Waals surface area contributed by atoms with E-state index < -0.39 is 0 Å². The predicted molar refractivity (Wildman–Crippen MR) is 95.7 cm³/mol. The van der Waals surface area contributed by atoms with Crippen molar-refractivity contribution >= 4 is 34.8 Å². The van der Waals surface area contributed by atoms with Gasteiger partial charge in [-0.3, -0.25) is 9.89 Å². The molecule has 0 radical (unpaired) electrons. The van der Waals surface area contributed by atoms with E-state index in [1.165, 1.54) is 0 Å². The van der Waals surface area contributed by atoms with Crippen LogP contribution in [-0.2, 0) is 0 Å². The number of benzene rings is 2. The summed E-state index contributed by atoms with van der Waals surface area (Å²) in [6.07, 6.45) is 1.78. The summed E-state index contributed by atoms with van der Waals surface area (Å²) in [5, 5.41) is 3.48. The highest BCUT2D eigenvalue weighted by Gasteiger charge is 2.23. The smallest absolute Gasteiger partial charge is 0.307 e. The van der Waals surface area contributed by atoms with Crippen molar-refractivity contribution in [2.24, 2.45) is 4.99 Å². The zero-order chi connectivity index (χ0) is 16.2. The van der Waals surface area contributed by atoms with Gasteiger partial charge in [0, 0.05) is 23.7 Å². The molecule has 1 aliphatic heterocycles. The molecule has 0 bridgehead atoms. The SMILES string of the molecule is Cc1ccc(N(C(=O)Nc2cccc(Cl)c2)C2=NCCC2)cc1. The van der Waals surface area contributed by atoms with E-state index in [1.54, 1.807) is 23.1 Å². The Balaban J connectivity index is 1.88. The molecule has 0 fully saturated rings. The standard InChI is InChI=1S/C18H18ClN3O/c1-13-7-9-16(10-8-13)22(17-6-3-11-20-17)18(23)21-15-5-2-4-14(19)12-15/h2,4-5,7-10,12H,3,6,11H2,1H3,(H,21,23). The van der Waals surface area contributed by atoms with Crippen LogP contribution in [0.15, 0.2) is 53.5 Å². The Morgan fingerprint density at radius 1 is 1.22 bits per heavy atom. The lowest BCUT2D eigenvalue weighted by atomic mass is 10.2. The van der Waals surface area contributed by atoms with Gasteiger partial charge in [-0.1, -0.05) is 35.4 Å². The number of hydrogen-bond donors (Lipinski definition) is 1. The molecule has 1 aliphatic rings. The number of anilines is 2. The number of rotatable bonds is 2. The molecule has 0 aliphatic carbocycles. The van der Waals surface area contributed by atoms with Gasteiger partial charge in [-0.15, -0.1) is 0 Å². The van der Waals surface area contributed by atoms with Crippen molar-refractivity contribution in [2.75, 3.05) is 16.8 Å². The van der Waals surface area contributed by atoms with Crippen LogP contribution >= 0.6 is 11.6 Å². The molecule has 0 saturated carbocycles. The van der Waals surface area contributed by atoms with Crippen molar-refractivity contribution in [2.45, 2.75) is 19.8 Å². The Morgan fingerprint density at radius 3 is 2.65 bits per heavy atom. The van der Waals surface area contributed by atoms with Gasteiger partial charge in [-0.2, -0.15) is 0 Å². The van der Waals surface area contributed by atoms with E-state index >= 15 is 0 Å². The number of aliphatic imine (C=N–C) groups is 1. The zero-order valence-electron chi connectivity index (χ0n) is 12.9. The van der Waals surface area contributed by atoms with Crippen LogP contribution < -0.4 is 10.2 Å². The number of carbonyl (C=O) groups is 1. The van der Waals surface area contributed by atoms with Crippen molar-refractivity contribution in [3.8, 4) is 0 Å². The Bertz CT molecular complexity index is 740. The minimum atomic E-state index is -0.225. The van der Waals surface area contributed by atoms with Gasteiger partial charge in [-0.25, -0.2) is 4.79 Å². The molecular weight excluding hydrogens is 310 g/mol. The van der Waals surface area contributed by atoms with E-state index in [4.69, 9.17) is 11.6 Å². The normalized spacial score (nSPS) is 13.6. The lowest BCUT2D eigenvalue weighted by Crippen LogP contribution is -2.39. The van der Waals surface area contributed by atoms with Gasteiger partial charge in [0.2, 0.25) is 0 Å². The van der Waals surface area contributed by atoms with Crippen molar-refractivity contribution < 1.29 is 4.79 Å². The number of hydrogen-bond acceptors (Lipinski definition) is 2. The topological polar surface area (TPSA) is 44.7 Å². The first-order valence-electron chi connectivity index (χ1n) is 7.60. The van der Waals surface area contributed by atoms with E-state index in [1.807, 2.05) is 37.3 Å². The van der Waals surface area contributed by atoms with E-state index in [-0.39, 0.29) is 6.03 Å². The van der Waals surface area contributed by atoms with Gasteiger partial charge in [-0.05, 0) is 43.7 Å². The monoisotopic (exact) mass is 327 g/mol. The van der Waals surface area contributed by atoms with E-state index in [0.717, 1.165) is 36.5 Å². The van der Waals surface area contributed by atoms with E-state index in [9.17, 15) is 4.79 Å². The highest BCUT2D eigenvalue weighted by Crippen LogP contribution is 2.22. The maximum absolute atomic E-state index is 12.8. The Hall–Kier alpha value is -2.33. The number of nitrogens with zero attached hydrogens (tertiary/aromatic N) is 2. The van der Waals surface area contributed by atoms with E-state index in [0.29, 0.717) is 10.7 Å². The second kappa shape index (κ2) is 6.84. The number of amides is 2. The Morgan fingerprint density at radius 2 is 2.00 bits per heavy atom. The first-order chi connectivity index (χ1) is 11.1. The average molecular weight is 328 g/mol. The van der Waals surface area contributed by atoms with Crippen LogP contribution in [0.1, 0.15) is 18.4 Å². The third-order valence-corrected chi connectivity index (χ3v) is 3.92. The molecule has 2 amide bonds. The first kappa shape index (κ1) is 15.6. The number of aryl methyl sites for hydroxylation is 1. The minimum absolute atomic E-state index is 0.225. The fraction of sp³-hybridized carbons (Fsp3) is 0.222. The van der Waals surface area contributed by atoms with Crippen molar-refractivity contribution in [3.63, 3.8) is 0 Å². The number of amidine groups is 1. The molecule has 4 nitrogen and oxygen atoms in total. The summed E-state index contributed by atoms with van der Waals surface area (Å²) in [5.74, 6) is 0.799. The number of carbonyl (C=O) groups excluding carboxylic acids is 1. The van der Waals surface area contributed by atoms with Gasteiger partial charge in [0.1, 0.15) is 5.84 Å². The molecule has 0 atom stereocenters. The molecule has 5 heteroatoms. The molecule has 0 aromatic heterocycles. The molecule has 118 valence electrons. The summed E-state index contributed by atoms with van der Waals surface area (Å²) in [6.45, 7) is 2.79. The Kier molecular flexibility index (Phi) is 4.63. The largest absolute Gasteiger partial charge is 0.331 e. The summed E-state index contributed by atoms with van der Waals surface area (Å²) in [6, 6.07) is 14.8. The lowest BCUT2D eigenvalue weighted by molar-refractivity contribution is 0.259. The first-order valence-corrected chi connectivity index (χ1v) is 7.98. The maximum atomic E-state index is 12.8. The quantitative estimate of drug-likeness (QED) is 0.839. The fourth-order valence-electron chi connectivity index (χ4n) is 2.53. The minimum Gasteiger partial charge on any atom is -0.307 e. The van der Waals surface area contributed by atoms with Gasteiger partial charge >= 0.3 is 6.03 Å². The van der Waals surface area contributed by atoms with Gasteiger partial charge in [0.25, 0.3) is 0 Å². The van der Waals surface area contributed by atoms with Crippen LogP contribution in [0.4, 0.5) is 16.2 Å². The fourth-order valence-corrected chi connectivity index (χ4v) is 2.72. The molecule has 2 aromatic rings. The van der Waals surface area contributed by atoms with Crippen molar-refractivity contribution in [3.05, 3.63) is 59.1 Å². The van der Waals surface area contributed by atoms with Crippen LogP contribution in [0.3, 0.4) is 0 Å².